The molecule has 0 bridgehead atoms. The van der Waals surface area contributed by atoms with Crippen LogP contribution < -0.4 is 4.90 Å². The second-order valence-electron chi connectivity index (χ2n) is 11.2. The standard InChI is InChI=1S/C27H31ClF2N8O/c1-17-13-35(23(19-11-27(29,30)12-19)18-4-6-20(28)7-5-18)8-9-37(17)24-22-25(38-16-32-34-26(38)33-24)36(15-31-22)14-21-3-2-10-39-21/h4-7,15-17,19,21,23H,2-3,8-14H2,1H3. The summed E-state index contributed by atoms with van der Waals surface area (Å²) in [5, 5.41) is 9.02. The summed E-state index contributed by atoms with van der Waals surface area (Å²) < 4.78 is 37.8. The molecule has 3 aliphatic rings. The summed E-state index contributed by atoms with van der Waals surface area (Å²) in [6.07, 6.45) is 5.63. The van der Waals surface area contributed by atoms with Crippen LogP contribution >= 0.6 is 11.6 Å². The summed E-state index contributed by atoms with van der Waals surface area (Å²) in [4.78, 5) is 14.3. The molecule has 0 amide bonds. The lowest BCUT2D eigenvalue weighted by Gasteiger charge is -2.49. The second-order valence-corrected chi connectivity index (χ2v) is 11.6. The fourth-order valence-corrected chi connectivity index (χ4v) is 6.78. The lowest BCUT2D eigenvalue weighted by Crippen LogP contribution is -2.56. The van der Waals surface area contributed by atoms with Crippen LogP contribution in [0.5, 0.6) is 0 Å². The number of piperazine rings is 1. The molecule has 2 saturated heterocycles. The first kappa shape index (κ1) is 25.1. The van der Waals surface area contributed by atoms with Crippen LogP contribution in [0.2, 0.25) is 5.02 Å². The molecule has 206 valence electrons. The normalized spacial score (nSPS) is 25.0. The van der Waals surface area contributed by atoms with E-state index in [2.05, 4.69) is 31.5 Å². The number of ether oxygens (including phenoxy) is 1. The van der Waals surface area contributed by atoms with E-state index in [0.717, 1.165) is 48.5 Å². The van der Waals surface area contributed by atoms with Gasteiger partial charge in [0.2, 0.25) is 5.92 Å². The fraction of sp³-hybridized carbons (Fsp3) is 0.556. The monoisotopic (exact) mass is 556 g/mol. The number of halogens is 3. The lowest BCUT2D eigenvalue weighted by atomic mass is 9.73. The van der Waals surface area contributed by atoms with Gasteiger partial charge >= 0.3 is 0 Å². The first-order valence-electron chi connectivity index (χ1n) is 13.7. The van der Waals surface area contributed by atoms with Crippen molar-refractivity contribution in [3.05, 3.63) is 47.5 Å². The zero-order valence-corrected chi connectivity index (χ0v) is 22.5. The minimum Gasteiger partial charge on any atom is -0.376 e. The van der Waals surface area contributed by atoms with Crippen molar-refractivity contribution in [1.29, 1.82) is 0 Å². The van der Waals surface area contributed by atoms with Crippen LogP contribution in [0.1, 0.15) is 44.2 Å². The maximum absolute atomic E-state index is 13.9. The van der Waals surface area contributed by atoms with E-state index in [-0.39, 0.29) is 36.9 Å². The van der Waals surface area contributed by atoms with Crippen molar-refractivity contribution in [3.8, 4) is 0 Å². The molecule has 1 aromatic carbocycles. The molecule has 5 heterocycles. The van der Waals surface area contributed by atoms with Gasteiger partial charge in [-0.25, -0.2) is 18.2 Å². The van der Waals surface area contributed by atoms with E-state index in [1.165, 1.54) is 0 Å². The van der Waals surface area contributed by atoms with Crippen molar-refractivity contribution < 1.29 is 13.5 Å². The Hall–Kier alpha value is -2.89. The molecule has 3 atom stereocenters. The van der Waals surface area contributed by atoms with E-state index >= 15 is 0 Å². The number of rotatable bonds is 6. The van der Waals surface area contributed by atoms with Gasteiger partial charge in [0.15, 0.2) is 11.5 Å². The highest BCUT2D eigenvalue weighted by molar-refractivity contribution is 6.30. The largest absolute Gasteiger partial charge is 0.376 e. The van der Waals surface area contributed by atoms with Gasteiger partial charge in [-0.15, -0.1) is 10.2 Å². The highest BCUT2D eigenvalue weighted by atomic mass is 35.5. The van der Waals surface area contributed by atoms with Gasteiger partial charge in [0.25, 0.3) is 5.78 Å². The number of anilines is 1. The number of hydrogen-bond donors (Lipinski definition) is 0. The molecule has 4 aromatic rings. The van der Waals surface area contributed by atoms with E-state index in [0.29, 0.717) is 30.4 Å². The smallest absolute Gasteiger partial charge is 0.258 e. The molecule has 12 heteroatoms. The van der Waals surface area contributed by atoms with Gasteiger partial charge in [-0.2, -0.15) is 4.98 Å². The molecule has 1 aliphatic carbocycles. The Morgan fingerprint density at radius 3 is 2.69 bits per heavy atom. The summed E-state index contributed by atoms with van der Waals surface area (Å²) in [5.41, 5.74) is 2.74. The Balaban J connectivity index is 1.18. The quantitative estimate of drug-likeness (QED) is 0.343. The molecule has 3 aromatic heterocycles. The number of alkyl halides is 2. The average molecular weight is 557 g/mol. The van der Waals surface area contributed by atoms with Crippen LogP contribution in [-0.4, -0.2) is 78.3 Å². The van der Waals surface area contributed by atoms with Gasteiger partial charge in [-0.05, 0) is 43.4 Å². The summed E-state index contributed by atoms with van der Waals surface area (Å²) in [7, 11) is 0. The third-order valence-electron chi connectivity index (χ3n) is 8.51. The van der Waals surface area contributed by atoms with E-state index in [4.69, 9.17) is 26.3 Å². The zero-order chi connectivity index (χ0) is 26.7. The van der Waals surface area contributed by atoms with Gasteiger partial charge in [0, 0.05) is 56.2 Å². The summed E-state index contributed by atoms with van der Waals surface area (Å²) >= 11 is 6.14. The van der Waals surface area contributed by atoms with Crippen molar-refractivity contribution in [2.75, 3.05) is 31.1 Å². The first-order chi connectivity index (χ1) is 18.9. The molecule has 9 nitrogen and oxygen atoms in total. The van der Waals surface area contributed by atoms with Gasteiger partial charge < -0.3 is 14.2 Å². The highest BCUT2D eigenvalue weighted by Gasteiger charge is 2.50. The minimum absolute atomic E-state index is 0.0796. The molecular formula is C27H31ClF2N8O. The molecule has 1 saturated carbocycles. The van der Waals surface area contributed by atoms with Crippen molar-refractivity contribution in [2.24, 2.45) is 5.92 Å². The molecule has 0 N–H and O–H groups in total. The Morgan fingerprint density at radius 2 is 1.97 bits per heavy atom. The maximum atomic E-state index is 13.9. The summed E-state index contributed by atoms with van der Waals surface area (Å²) in [5.74, 6) is -1.36. The number of nitrogens with zero attached hydrogens (tertiary/aromatic N) is 8. The summed E-state index contributed by atoms with van der Waals surface area (Å²) in [6.45, 7) is 5.80. The molecule has 0 spiro atoms. The second kappa shape index (κ2) is 9.64. The average Bonchev–Trinajstić information content (AvgIpc) is 3.66. The van der Waals surface area contributed by atoms with Gasteiger partial charge in [0.05, 0.1) is 19.0 Å². The fourth-order valence-electron chi connectivity index (χ4n) is 6.65. The molecule has 7 rings (SSSR count). The van der Waals surface area contributed by atoms with Crippen LogP contribution in [0.3, 0.4) is 0 Å². The zero-order valence-electron chi connectivity index (χ0n) is 21.8. The number of fused-ring (bicyclic) bond motifs is 3. The van der Waals surface area contributed by atoms with Crippen LogP contribution in [0.25, 0.3) is 16.9 Å². The molecule has 2 aliphatic heterocycles. The number of benzene rings is 1. The predicted molar refractivity (Wildman–Crippen MR) is 143 cm³/mol. The van der Waals surface area contributed by atoms with Crippen molar-refractivity contribution >= 4 is 34.4 Å². The number of imidazole rings is 1. The summed E-state index contributed by atoms with van der Waals surface area (Å²) in [6, 6.07) is 7.66. The molecule has 0 radical (unpaired) electrons. The molecule has 3 unspecified atom stereocenters. The number of aromatic nitrogens is 6. The molecule has 3 fully saturated rings. The van der Waals surface area contributed by atoms with Crippen molar-refractivity contribution in [1.82, 2.24) is 34.0 Å². The maximum Gasteiger partial charge on any atom is 0.258 e. The van der Waals surface area contributed by atoms with Crippen LogP contribution in [-0.2, 0) is 11.3 Å². The molecular weight excluding hydrogens is 526 g/mol. The SMILES string of the molecule is CC1CN(C(c2ccc(Cl)cc2)C2CC(F)(F)C2)CCN1c1nc2nncn2c2c1ncn2CC1CCCO1. The van der Waals surface area contributed by atoms with Crippen molar-refractivity contribution in [2.45, 2.75) is 63.3 Å². The van der Waals surface area contributed by atoms with Gasteiger partial charge in [-0.3, -0.25) is 4.90 Å². The lowest BCUT2D eigenvalue weighted by molar-refractivity contribution is -0.133. The Labute approximate surface area is 229 Å². The van der Waals surface area contributed by atoms with Crippen LogP contribution in [0, 0.1) is 5.92 Å². The third kappa shape index (κ3) is 4.54. The van der Waals surface area contributed by atoms with Crippen molar-refractivity contribution in [3.63, 3.8) is 0 Å². The number of hydrogen-bond acceptors (Lipinski definition) is 7. The molecule has 39 heavy (non-hydrogen) atoms. The topological polar surface area (TPSA) is 76.6 Å². The highest BCUT2D eigenvalue weighted by Crippen LogP contribution is 2.50. The van der Waals surface area contributed by atoms with E-state index in [9.17, 15) is 8.78 Å². The van der Waals surface area contributed by atoms with Crippen LogP contribution in [0.4, 0.5) is 14.6 Å². The Kier molecular flexibility index (Phi) is 6.20. The van der Waals surface area contributed by atoms with E-state index in [1.807, 2.05) is 35.0 Å². The Morgan fingerprint density at radius 1 is 1.15 bits per heavy atom. The minimum atomic E-state index is -2.58. The van der Waals surface area contributed by atoms with Gasteiger partial charge in [0.1, 0.15) is 11.8 Å². The Bertz CT molecular complexity index is 1480. The predicted octanol–water partition coefficient (Wildman–Crippen LogP) is 4.60. The van der Waals surface area contributed by atoms with E-state index in [1.54, 1.807) is 6.33 Å². The first-order valence-corrected chi connectivity index (χ1v) is 14.0. The third-order valence-corrected chi connectivity index (χ3v) is 8.77. The van der Waals surface area contributed by atoms with Crippen LogP contribution in [0.15, 0.2) is 36.9 Å². The van der Waals surface area contributed by atoms with Gasteiger partial charge in [-0.1, -0.05) is 23.7 Å². The van der Waals surface area contributed by atoms with E-state index < -0.39 is 5.92 Å².